The van der Waals surface area contributed by atoms with E-state index in [1.807, 2.05) is 30.0 Å². The number of carbonyl (C=O) groups is 1. The third-order valence-electron chi connectivity index (χ3n) is 4.78. The lowest BCUT2D eigenvalue weighted by Gasteiger charge is -2.42. The molecule has 0 aromatic heterocycles. The average molecular weight is 321 g/mol. The Kier molecular flexibility index (Phi) is 6.02. The predicted molar refractivity (Wildman–Crippen MR) is 88.9 cm³/mol. The fourth-order valence-electron chi connectivity index (χ4n) is 3.29. The maximum Gasteiger partial charge on any atom is 0.254 e. The van der Waals surface area contributed by atoms with E-state index in [4.69, 9.17) is 9.47 Å². The van der Waals surface area contributed by atoms with Crippen LogP contribution < -0.4 is 4.74 Å². The summed E-state index contributed by atoms with van der Waals surface area (Å²) in [5.74, 6) is 0.780. The van der Waals surface area contributed by atoms with E-state index < -0.39 is 0 Å². The van der Waals surface area contributed by atoms with Crippen molar-refractivity contribution in [1.29, 1.82) is 0 Å². The molecule has 1 aliphatic rings. The third kappa shape index (κ3) is 4.03. The molecule has 2 rings (SSSR count). The summed E-state index contributed by atoms with van der Waals surface area (Å²) >= 11 is 0. The van der Waals surface area contributed by atoms with Crippen LogP contribution in [0.15, 0.2) is 18.2 Å². The Morgan fingerprint density at radius 3 is 2.78 bits per heavy atom. The summed E-state index contributed by atoms with van der Waals surface area (Å²) in [5, 5.41) is 9.85. The molecule has 1 N–H and O–H groups in total. The molecule has 0 radical (unpaired) electrons. The second-order valence-electron chi connectivity index (χ2n) is 6.41. The summed E-state index contributed by atoms with van der Waals surface area (Å²) < 4.78 is 10.4. The Balaban J connectivity index is 2.15. The van der Waals surface area contributed by atoms with Crippen LogP contribution in [0.4, 0.5) is 0 Å². The van der Waals surface area contributed by atoms with Gasteiger partial charge in [-0.1, -0.05) is 0 Å². The Morgan fingerprint density at radius 2 is 2.17 bits per heavy atom. The van der Waals surface area contributed by atoms with Crippen molar-refractivity contribution in [2.75, 3.05) is 40.5 Å². The van der Waals surface area contributed by atoms with Crippen LogP contribution in [-0.2, 0) is 4.74 Å². The minimum absolute atomic E-state index is 0.0279. The summed E-state index contributed by atoms with van der Waals surface area (Å²) in [6.45, 7) is 3.92. The smallest absolute Gasteiger partial charge is 0.254 e. The number of methoxy groups -OCH3 is 2. The Hall–Kier alpha value is -1.59. The molecule has 0 aliphatic carbocycles. The molecule has 1 atom stereocenters. The first-order valence-corrected chi connectivity index (χ1v) is 8.09. The van der Waals surface area contributed by atoms with Gasteiger partial charge >= 0.3 is 0 Å². The molecular weight excluding hydrogens is 294 g/mol. The molecule has 1 fully saturated rings. The van der Waals surface area contributed by atoms with Crippen molar-refractivity contribution < 1.29 is 19.4 Å². The number of aliphatic hydroxyl groups is 1. The van der Waals surface area contributed by atoms with Crippen molar-refractivity contribution >= 4 is 5.91 Å². The Bertz CT molecular complexity index is 546. The van der Waals surface area contributed by atoms with Crippen LogP contribution in [0.3, 0.4) is 0 Å². The Labute approximate surface area is 138 Å². The zero-order chi connectivity index (χ0) is 16.9. The van der Waals surface area contributed by atoms with Crippen LogP contribution in [0.1, 0.15) is 35.2 Å². The molecule has 1 amide bonds. The number of aliphatic hydroxyl groups excluding tert-OH is 1. The fraction of sp³-hybridized carbons (Fsp3) is 0.611. The number of nitrogens with zero attached hydrogens (tertiary/aromatic N) is 1. The van der Waals surface area contributed by atoms with Crippen molar-refractivity contribution in [3.63, 3.8) is 0 Å². The molecule has 23 heavy (non-hydrogen) atoms. The molecule has 0 bridgehead atoms. The van der Waals surface area contributed by atoms with Gasteiger partial charge in [0.05, 0.1) is 13.7 Å². The maximum atomic E-state index is 12.9. The molecule has 0 saturated carbocycles. The topological polar surface area (TPSA) is 59.0 Å². The lowest BCUT2D eigenvalue weighted by Crippen LogP contribution is -2.48. The molecule has 1 aromatic rings. The fourth-order valence-corrected chi connectivity index (χ4v) is 3.29. The standard InChI is InChI=1S/C18H27NO4/c1-14-11-15(23-3)5-6-16(14)17(21)19-9-4-7-18(12-19,13-20)8-10-22-2/h5-6,11,20H,4,7-10,12-13H2,1-3H3/t18-/m0/s1. The van der Waals surface area contributed by atoms with Crippen molar-refractivity contribution in [3.05, 3.63) is 29.3 Å². The summed E-state index contributed by atoms with van der Waals surface area (Å²) in [6, 6.07) is 5.51. The van der Waals surface area contributed by atoms with Crippen molar-refractivity contribution in [3.8, 4) is 5.75 Å². The summed E-state index contributed by atoms with van der Waals surface area (Å²) in [5.41, 5.74) is 1.36. The van der Waals surface area contributed by atoms with Gasteiger partial charge in [0.15, 0.2) is 0 Å². The number of ether oxygens (including phenoxy) is 2. The molecule has 1 saturated heterocycles. The Morgan fingerprint density at radius 1 is 1.39 bits per heavy atom. The highest BCUT2D eigenvalue weighted by Gasteiger charge is 2.36. The van der Waals surface area contributed by atoms with Gasteiger partial charge in [0.2, 0.25) is 0 Å². The normalized spacial score (nSPS) is 21.3. The van der Waals surface area contributed by atoms with Crippen molar-refractivity contribution in [2.45, 2.75) is 26.2 Å². The molecule has 1 aliphatic heterocycles. The van der Waals surface area contributed by atoms with Crippen molar-refractivity contribution in [1.82, 2.24) is 4.90 Å². The molecule has 1 heterocycles. The van der Waals surface area contributed by atoms with Gasteiger partial charge in [-0.25, -0.2) is 0 Å². The van der Waals surface area contributed by atoms with Gasteiger partial charge in [0.1, 0.15) is 5.75 Å². The van der Waals surface area contributed by atoms with Gasteiger partial charge in [0.25, 0.3) is 5.91 Å². The van der Waals surface area contributed by atoms with E-state index in [-0.39, 0.29) is 17.9 Å². The number of hydrogen-bond donors (Lipinski definition) is 1. The monoisotopic (exact) mass is 321 g/mol. The van der Waals surface area contributed by atoms with Gasteiger partial charge in [-0.3, -0.25) is 4.79 Å². The van der Waals surface area contributed by atoms with Crippen LogP contribution in [0.25, 0.3) is 0 Å². The first-order chi connectivity index (χ1) is 11.0. The maximum absolute atomic E-state index is 12.9. The number of likely N-dealkylation sites (tertiary alicyclic amines) is 1. The van der Waals surface area contributed by atoms with E-state index in [1.54, 1.807) is 14.2 Å². The third-order valence-corrected chi connectivity index (χ3v) is 4.78. The van der Waals surface area contributed by atoms with E-state index in [9.17, 15) is 9.90 Å². The van der Waals surface area contributed by atoms with Crippen molar-refractivity contribution in [2.24, 2.45) is 5.41 Å². The average Bonchev–Trinajstić information content (AvgIpc) is 2.59. The minimum atomic E-state index is -0.246. The molecule has 0 unspecified atom stereocenters. The SMILES string of the molecule is COCC[C@@]1(CO)CCCN(C(=O)c2ccc(OC)cc2C)C1. The molecule has 0 spiro atoms. The molecule has 1 aromatic carbocycles. The summed E-state index contributed by atoms with van der Waals surface area (Å²) in [6.07, 6.45) is 2.61. The van der Waals surface area contributed by atoms with E-state index in [2.05, 4.69) is 0 Å². The molecule has 128 valence electrons. The van der Waals surface area contributed by atoms with Gasteiger partial charge < -0.3 is 19.5 Å². The highest BCUT2D eigenvalue weighted by Crippen LogP contribution is 2.34. The number of amides is 1. The van der Waals surface area contributed by atoms with E-state index in [1.165, 1.54) is 0 Å². The van der Waals surface area contributed by atoms with Crippen LogP contribution in [0.2, 0.25) is 0 Å². The molecule has 5 nitrogen and oxygen atoms in total. The number of benzene rings is 1. The number of aryl methyl sites for hydroxylation is 1. The minimum Gasteiger partial charge on any atom is -0.497 e. The van der Waals surface area contributed by atoms with Crippen LogP contribution in [0, 0.1) is 12.3 Å². The first kappa shape index (κ1) is 17.8. The second-order valence-corrected chi connectivity index (χ2v) is 6.41. The lowest BCUT2D eigenvalue weighted by molar-refractivity contribution is 0.00895. The zero-order valence-corrected chi connectivity index (χ0v) is 14.3. The number of hydrogen-bond acceptors (Lipinski definition) is 4. The highest BCUT2D eigenvalue weighted by molar-refractivity contribution is 5.96. The van der Waals surface area contributed by atoms with Gasteiger partial charge in [-0.2, -0.15) is 0 Å². The first-order valence-electron chi connectivity index (χ1n) is 8.09. The molecule has 5 heteroatoms. The van der Waals surface area contributed by atoms with E-state index in [0.29, 0.717) is 18.7 Å². The summed E-state index contributed by atoms with van der Waals surface area (Å²) in [7, 11) is 3.28. The van der Waals surface area contributed by atoms with Gasteiger partial charge in [0, 0.05) is 37.8 Å². The van der Waals surface area contributed by atoms with E-state index >= 15 is 0 Å². The zero-order valence-electron chi connectivity index (χ0n) is 14.3. The largest absolute Gasteiger partial charge is 0.497 e. The van der Waals surface area contributed by atoms with Crippen LogP contribution in [-0.4, -0.2) is 56.4 Å². The van der Waals surface area contributed by atoms with E-state index in [0.717, 1.165) is 37.1 Å². The predicted octanol–water partition coefficient (Wildman–Crippen LogP) is 2.25. The number of rotatable bonds is 6. The summed E-state index contributed by atoms with van der Waals surface area (Å²) in [4.78, 5) is 14.7. The highest BCUT2D eigenvalue weighted by atomic mass is 16.5. The van der Waals surface area contributed by atoms with Gasteiger partial charge in [-0.05, 0) is 49.9 Å². The van der Waals surface area contributed by atoms with Crippen LogP contribution >= 0.6 is 0 Å². The van der Waals surface area contributed by atoms with Gasteiger partial charge in [-0.15, -0.1) is 0 Å². The quantitative estimate of drug-likeness (QED) is 0.873. The second kappa shape index (κ2) is 7.79. The van der Waals surface area contributed by atoms with Crippen LogP contribution in [0.5, 0.6) is 5.75 Å². The number of carbonyl (C=O) groups excluding carboxylic acids is 1. The molecular formula is C18H27NO4. The number of piperidine rings is 1. The lowest BCUT2D eigenvalue weighted by atomic mass is 9.78.